The van der Waals surface area contributed by atoms with Crippen LogP contribution in [0.15, 0.2) is 47.8 Å². The molecular weight excluding hydrogens is 566 g/mol. The van der Waals surface area contributed by atoms with Crippen molar-refractivity contribution in [1.29, 1.82) is 0 Å². The first-order chi connectivity index (χ1) is 18.7. The van der Waals surface area contributed by atoms with E-state index in [2.05, 4.69) is 25.3 Å². The lowest BCUT2D eigenvalue weighted by Gasteiger charge is -2.34. The van der Waals surface area contributed by atoms with E-state index in [0.717, 1.165) is 22.9 Å². The first-order valence-corrected chi connectivity index (χ1v) is 14.0. The van der Waals surface area contributed by atoms with Crippen LogP contribution in [0.5, 0.6) is 5.75 Å². The number of nitrogens with one attached hydrogen (secondary N) is 1. The predicted octanol–water partition coefficient (Wildman–Crippen LogP) is 6.02. The number of fused-ring (bicyclic) bond motifs is 2. The molecule has 2 aliphatic rings. The second-order valence-corrected chi connectivity index (χ2v) is 12.8. The zero-order valence-corrected chi connectivity index (χ0v) is 23.3. The van der Waals surface area contributed by atoms with Gasteiger partial charge in [0.25, 0.3) is 0 Å². The second-order valence-electron chi connectivity index (χ2n) is 9.65. The Labute approximate surface area is 236 Å². The van der Waals surface area contributed by atoms with Crippen LogP contribution in [0.3, 0.4) is 0 Å². The molecule has 3 aromatic heterocycles. The highest BCUT2D eigenvalue weighted by atomic mass is 35.5. The summed E-state index contributed by atoms with van der Waals surface area (Å²) in [5.74, 6) is -1.06. The molecule has 1 aliphatic carbocycles. The van der Waals surface area contributed by atoms with Crippen LogP contribution in [0.2, 0.25) is 4.34 Å². The Kier molecular flexibility index (Phi) is 6.61. The van der Waals surface area contributed by atoms with E-state index in [4.69, 9.17) is 26.8 Å². The highest BCUT2D eigenvalue weighted by molar-refractivity contribution is 8.15. The molecule has 4 heterocycles. The number of hydrogen-bond donors (Lipinski definition) is 2. The summed E-state index contributed by atoms with van der Waals surface area (Å²) < 4.78 is 41.7. The zero-order chi connectivity index (χ0) is 27.4. The van der Waals surface area contributed by atoms with E-state index in [-0.39, 0.29) is 22.8 Å². The van der Waals surface area contributed by atoms with Crippen LogP contribution in [0.4, 0.5) is 20.3 Å². The number of hydrogen-bond acceptors (Lipinski definition) is 10. The Morgan fingerprint density at radius 2 is 2.05 bits per heavy atom. The number of nitrogens with two attached hydrogens (primary N) is 1. The number of ether oxygens (including phenoxy) is 2. The highest BCUT2D eigenvalue weighted by Gasteiger charge is 2.66. The molecule has 0 spiro atoms. The minimum Gasteiger partial charge on any atom is -0.485 e. The predicted molar refractivity (Wildman–Crippen MR) is 150 cm³/mol. The van der Waals surface area contributed by atoms with E-state index in [1.54, 1.807) is 44.8 Å². The summed E-state index contributed by atoms with van der Waals surface area (Å²) in [5.41, 5.74) is 6.09. The molecule has 1 saturated carbocycles. The topological polar surface area (TPSA) is 108 Å². The first kappa shape index (κ1) is 26.2. The molecule has 4 aromatic rings. The second kappa shape index (κ2) is 9.84. The molecule has 39 heavy (non-hydrogen) atoms. The molecule has 3 N–H and O–H groups in total. The summed E-state index contributed by atoms with van der Waals surface area (Å²) in [6.45, 7) is 2.50. The SMILES string of the molecule is COC[C@]12C[C@H]1[C@](C)(c1cc(Nc3nccc4cc(OCc5ncc(Cl)s5)cnc34)cc(F)c1F)N=C(N)S2. The van der Waals surface area contributed by atoms with Gasteiger partial charge in [-0.1, -0.05) is 23.4 Å². The first-order valence-electron chi connectivity index (χ1n) is 12.0. The quantitative estimate of drug-likeness (QED) is 0.257. The van der Waals surface area contributed by atoms with E-state index in [1.807, 2.05) is 6.07 Å². The third kappa shape index (κ3) is 4.79. The van der Waals surface area contributed by atoms with Gasteiger partial charge in [0.2, 0.25) is 0 Å². The number of thioether (sulfide) groups is 1. The van der Waals surface area contributed by atoms with Gasteiger partial charge >= 0.3 is 0 Å². The molecule has 0 radical (unpaired) electrons. The van der Waals surface area contributed by atoms with Gasteiger partial charge in [-0.15, -0.1) is 11.3 Å². The maximum absolute atomic E-state index is 15.3. The Morgan fingerprint density at radius 1 is 1.21 bits per heavy atom. The number of nitrogens with zero attached hydrogens (tertiary/aromatic N) is 4. The molecule has 202 valence electrons. The van der Waals surface area contributed by atoms with Gasteiger partial charge in [-0.05, 0) is 31.5 Å². The van der Waals surface area contributed by atoms with Crippen molar-refractivity contribution in [2.45, 2.75) is 30.2 Å². The number of halogens is 3. The van der Waals surface area contributed by atoms with Gasteiger partial charge in [0.05, 0.1) is 29.3 Å². The van der Waals surface area contributed by atoms with E-state index in [1.165, 1.54) is 23.1 Å². The summed E-state index contributed by atoms with van der Waals surface area (Å²) in [5, 5.41) is 4.94. The van der Waals surface area contributed by atoms with Crippen LogP contribution in [-0.4, -0.2) is 38.6 Å². The smallest absolute Gasteiger partial charge is 0.164 e. The molecular formula is C26H23ClF2N6O2S2. The molecule has 1 fully saturated rings. The zero-order valence-electron chi connectivity index (χ0n) is 20.9. The van der Waals surface area contributed by atoms with Crippen molar-refractivity contribution in [3.8, 4) is 5.75 Å². The number of rotatable bonds is 8. The fourth-order valence-corrected chi connectivity index (χ4v) is 7.53. The summed E-state index contributed by atoms with van der Waals surface area (Å²) in [7, 11) is 1.62. The van der Waals surface area contributed by atoms with Crippen LogP contribution in [0.1, 0.15) is 23.9 Å². The number of aliphatic imine (C=N–C) groups is 1. The van der Waals surface area contributed by atoms with Crippen molar-refractivity contribution < 1.29 is 18.3 Å². The standard InChI is InChI=1S/C26H23ClF2N6O2S2/c1-25(18-8-26(18,12-36-2)39-24(30)35-25)16-6-14(7-17(28)21(16)29)34-23-22-13(3-4-31-23)5-15(9-33-22)37-11-20-32-10-19(27)38-20/h3-7,9-10,18H,8,11-12H2,1-2H3,(H2,30,35)(H,31,34)/t18-,25-,26+/m0/s1. The third-order valence-electron chi connectivity index (χ3n) is 7.04. The summed E-state index contributed by atoms with van der Waals surface area (Å²) in [6, 6.07) is 6.28. The van der Waals surface area contributed by atoms with Gasteiger partial charge in [0.1, 0.15) is 27.2 Å². The van der Waals surface area contributed by atoms with Crippen LogP contribution in [0.25, 0.3) is 10.9 Å². The van der Waals surface area contributed by atoms with E-state index in [9.17, 15) is 4.39 Å². The van der Waals surface area contributed by atoms with Crippen molar-refractivity contribution in [3.63, 3.8) is 0 Å². The van der Waals surface area contributed by atoms with E-state index >= 15 is 4.39 Å². The van der Waals surface area contributed by atoms with Crippen LogP contribution < -0.4 is 15.8 Å². The summed E-state index contributed by atoms with van der Waals surface area (Å²) >= 11 is 8.71. The Hall–Kier alpha value is -3.06. The van der Waals surface area contributed by atoms with E-state index in [0.29, 0.717) is 38.9 Å². The molecule has 3 atom stereocenters. The van der Waals surface area contributed by atoms with Gasteiger partial charge in [-0.3, -0.25) is 4.99 Å². The van der Waals surface area contributed by atoms with Crippen LogP contribution >= 0.6 is 34.7 Å². The number of amidine groups is 1. The summed E-state index contributed by atoms with van der Waals surface area (Å²) in [6.07, 6.45) is 5.49. The Bertz CT molecular complexity index is 1620. The number of benzene rings is 1. The number of anilines is 2. The molecule has 0 unspecified atom stereocenters. The lowest BCUT2D eigenvalue weighted by molar-refractivity contribution is 0.184. The van der Waals surface area contributed by atoms with Gasteiger partial charge in [0.15, 0.2) is 22.6 Å². The molecule has 1 aliphatic heterocycles. The lowest BCUT2D eigenvalue weighted by Crippen LogP contribution is -2.37. The maximum Gasteiger partial charge on any atom is 0.164 e. The Balaban J connectivity index is 1.30. The highest BCUT2D eigenvalue weighted by Crippen LogP contribution is 2.66. The molecule has 13 heteroatoms. The Morgan fingerprint density at radius 3 is 2.82 bits per heavy atom. The minimum absolute atomic E-state index is 0.0532. The van der Waals surface area contributed by atoms with Crippen LogP contribution in [-0.2, 0) is 16.9 Å². The molecule has 8 nitrogen and oxygen atoms in total. The number of thiazole rings is 1. The van der Waals surface area contributed by atoms with Crippen molar-refractivity contribution >= 4 is 62.3 Å². The van der Waals surface area contributed by atoms with Gasteiger partial charge in [-0.25, -0.2) is 23.7 Å². The lowest BCUT2D eigenvalue weighted by atomic mass is 9.85. The third-order valence-corrected chi connectivity index (χ3v) is 9.40. The fourth-order valence-electron chi connectivity index (χ4n) is 5.21. The van der Waals surface area contributed by atoms with Crippen molar-refractivity contribution in [1.82, 2.24) is 15.0 Å². The number of methoxy groups -OCH3 is 1. The van der Waals surface area contributed by atoms with Crippen molar-refractivity contribution in [3.05, 3.63) is 69.4 Å². The molecule has 0 saturated heterocycles. The minimum atomic E-state index is -1.05. The van der Waals surface area contributed by atoms with Crippen LogP contribution in [0, 0.1) is 17.6 Å². The average Bonchev–Trinajstić information content (AvgIpc) is 3.47. The van der Waals surface area contributed by atoms with Crippen molar-refractivity contribution in [2.75, 3.05) is 19.0 Å². The summed E-state index contributed by atoms with van der Waals surface area (Å²) in [4.78, 5) is 17.7. The number of pyridine rings is 2. The maximum atomic E-state index is 15.3. The average molecular weight is 589 g/mol. The normalized spacial score (nSPS) is 23.8. The fraction of sp³-hybridized carbons (Fsp3) is 0.308. The van der Waals surface area contributed by atoms with Gasteiger partial charge in [0, 0.05) is 41.9 Å². The van der Waals surface area contributed by atoms with Crippen molar-refractivity contribution in [2.24, 2.45) is 16.6 Å². The van der Waals surface area contributed by atoms with Gasteiger partial charge in [-0.2, -0.15) is 0 Å². The van der Waals surface area contributed by atoms with Gasteiger partial charge < -0.3 is 20.5 Å². The molecule has 6 rings (SSSR count). The molecule has 0 bridgehead atoms. The van der Waals surface area contributed by atoms with E-state index < -0.39 is 17.2 Å². The molecule has 1 aromatic carbocycles. The number of aromatic nitrogens is 3. The largest absolute Gasteiger partial charge is 0.485 e. The molecule has 0 amide bonds. The monoisotopic (exact) mass is 588 g/mol.